The van der Waals surface area contributed by atoms with E-state index in [1.807, 2.05) is 18.7 Å². The van der Waals surface area contributed by atoms with E-state index < -0.39 is 0 Å². The van der Waals surface area contributed by atoms with Gasteiger partial charge in [0.15, 0.2) is 0 Å². The van der Waals surface area contributed by atoms with Crippen molar-refractivity contribution < 1.29 is 0 Å². The van der Waals surface area contributed by atoms with E-state index in [9.17, 15) is 0 Å². The Morgan fingerprint density at radius 1 is 1.60 bits per heavy atom. The van der Waals surface area contributed by atoms with Crippen molar-refractivity contribution in [2.45, 2.75) is 42.6 Å². The molecule has 0 saturated carbocycles. The highest BCUT2D eigenvalue weighted by molar-refractivity contribution is 8.21. The first-order chi connectivity index (χ1) is 7.18. The summed E-state index contributed by atoms with van der Waals surface area (Å²) in [6.07, 6.45) is 8.34. The summed E-state index contributed by atoms with van der Waals surface area (Å²) in [5.41, 5.74) is 0. The summed E-state index contributed by atoms with van der Waals surface area (Å²) in [5, 5.41) is 0.827. The summed E-state index contributed by atoms with van der Waals surface area (Å²) in [5.74, 6) is 1.31. The third kappa shape index (κ3) is 3.18. The number of rotatable bonds is 4. The monoisotopic (exact) mass is 242 g/mol. The SMILES string of the molecule is CC1CSC(C)(CCCn2ccnc2)S1. The fourth-order valence-corrected chi connectivity index (χ4v) is 5.35. The average Bonchev–Trinajstić information content (AvgIpc) is 2.77. The van der Waals surface area contributed by atoms with Crippen molar-refractivity contribution in [1.29, 1.82) is 0 Å². The van der Waals surface area contributed by atoms with Crippen molar-refractivity contribution >= 4 is 23.5 Å². The average molecular weight is 242 g/mol. The lowest BCUT2D eigenvalue weighted by Crippen LogP contribution is -2.12. The number of hydrogen-bond acceptors (Lipinski definition) is 3. The van der Waals surface area contributed by atoms with Crippen LogP contribution in [0.25, 0.3) is 0 Å². The second-order valence-electron chi connectivity index (χ2n) is 4.28. The summed E-state index contributed by atoms with van der Waals surface area (Å²) in [4.78, 5) is 4.05. The second-order valence-corrected chi connectivity index (χ2v) is 8.00. The number of aromatic nitrogens is 2. The zero-order valence-electron chi connectivity index (χ0n) is 9.35. The number of thioether (sulfide) groups is 2. The van der Waals surface area contributed by atoms with Gasteiger partial charge in [0.25, 0.3) is 0 Å². The standard InChI is InChI=1S/C11H18N2S2/c1-10-8-14-11(2,15-10)4-3-6-13-7-5-12-9-13/h5,7,9-10H,3-4,6,8H2,1-2H3. The molecule has 0 aliphatic carbocycles. The van der Waals surface area contributed by atoms with Crippen LogP contribution in [0.2, 0.25) is 0 Å². The number of imidazole rings is 1. The van der Waals surface area contributed by atoms with E-state index in [1.165, 1.54) is 18.6 Å². The van der Waals surface area contributed by atoms with Crippen LogP contribution in [-0.2, 0) is 6.54 Å². The summed E-state index contributed by atoms with van der Waals surface area (Å²) >= 11 is 4.27. The van der Waals surface area contributed by atoms with Crippen molar-refractivity contribution in [1.82, 2.24) is 9.55 Å². The molecule has 0 N–H and O–H groups in total. The van der Waals surface area contributed by atoms with Crippen molar-refractivity contribution in [2.24, 2.45) is 0 Å². The normalized spacial score (nSPS) is 30.9. The topological polar surface area (TPSA) is 17.8 Å². The van der Waals surface area contributed by atoms with Crippen LogP contribution in [0.4, 0.5) is 0 Å². The Morgan fingerprint density at radius 3 is 3.07 bits per heavy atom. The Hall–Kier alpha value is -0.0900. The first-order valence-corrected chi connectivity index (χ1v) is 7.32. The van der Waals surface area contributed by atoms with Gasteiger partial charge >= 0.3 is 0 Å². The van der Waals surface area contributed by atoms with Gasteiger partial charge < -0.3 is 4.57 Å². The maximum Gasteiger partial charge on any atom is 0.0945 e. The highest BCUT2D eigenvalue weighted by atomic mass is 32.2. The van der Waals surface area contributed by atoms with E-state index >= 15 is 0 Å². The van der Waals surface area contributed by atoms with Crippen molar-refractivity contribution in [3.8, 4) is 0 Å². The zero-order chi connectivity index (χ0) is 10.7. The molecule has 2 nitrogen and oxygen atoms in total. The summed E-state index contributed by atoms with van der Waals surface area (Å²) in [6, 6.07) is 0. The summed E-state index contributed by atoms with van der Waals surface area (Å²) in [6.45, 7) is 5.82. The largest absolute Gasteiger partial charge is 0.337 e. The van der Waals surface area contributed by atoms with Gasteiger partial charge in [0.2, 0.25) is 0 Å². The molecular weight excluding hydrogens is 224 g/mol. The zero-order valence-corrected chi connectivity index (χ0v) is 11.0. The Kier molecular flexibility index (Phi) is 3.67. The lowest BCUT2D eigenvalue weighted by atomic mass is 10.2. The molecule has 15 heavy (non-hydrogen) atoms. The van der Waals surface area contributed by atoms with Gasteiger partial charge in [-0.2, -0.15) is 0 Å². The Labute approximate surface area is 100 Å². The molecule has 0 aromatic carbocycles. The molecule has 4 heteroatoms. The molecule has 1 aliphatic rings. The van der Waals surface area contributed by atoms with Crippen LogP contribution in [-0.4, -0.2) is 24.6 Å². The van der Waals surface area contributed by atoms with Gasteiger partial charge in [-0.25, -0.2) is 4.98 Å². The highest BCUT2D eigenvalue weighted by Gasteiger charge is 2.33. The molecule has 0 amide bonds. The van der Waals surface area contributed by atoms with Gasteiger partial charge in [-0.05, 0) is 19.8 Å². The van der Waals surface area contributed by atoms with Crippen molar-refractivity contribution in [2.75, 3.05) is 5.75 Å². The quantitative estimate of drug-likeness (QED) is 0.807. The molecule has 1 aromatic heterocycles. The lowest BCUT2D eigenvalue weighted by Gasteiger charge is -2.22. The Balaban J connectivity index is 1.74. The second kappa shape index (κ2) is 4.83. The molecule has 2 atom stereocenters. The van der Waals surface area contributed by atoms with Gasteiger partial charge in [-0.1, -0.05) is 6.92 Å². The molecule has 2 heterocycles. The van der Waals surface area contributed by atoms with Crippen molar-refractivity contribution in [3.63, 3.8) is 0 Å². The highest BCUT2D eigenvalue weighted by Crippen LogP contribution is 2.50. The van der Waals surface area contributed by atoms with E-state index in [0.29, 0.717) is 4.08 Å². The molecular formula is C11H18N2S2. The molecule has 2 unspecified atom stereocenters. The molecule has 84 valence electrons. The third-order valence-electron chi connectivity index (χ3n) is 2.68. The lowest BCUT2D eigenvalue weighted by molar-refractivity contribution is 0.595. The first-order valence-electron chi connectivity index (χ1n) is 5.45. The molecule has 2 rings (SSSR count). The van der Waals surface area contributed by atoms with Crippen LogP contribution in [0, 0.1) is 0 Å². The number of aryl methyl sites for hydroxylation is 1. The fraction of sp³-hybridized carbons (Fsp3) is 0.727. The Morgan fingerprint density at radius 2 is 2.47 bits per heavy atom. The predicted molar refractivity (Wildman–Crippen MR) is 69.4 cm³/mol. The van der Waals surface area contributed by atoms with Gasteiger partial charge in [0.1, 0.15) is 0 Å². The minimum absolute atomic E-state index is 0.458. The van der Waals surface area contributed by atoms with Crippen LogP contribution in [0.3, 0.4) is 0 Å². The summed E-state index contributed by atoms with van der Waals surface area (Å²) < 4.78 is 2.62. The minimum Gasteiger partial charge on any atom is -0.337 e. The van der Waals surface area contributed by atoms with E-state index in [1.54, 1.807) is 0 Å². The van der Waals surface area contributed by atoms with Crippen LogP contribution in [0.1, 0.15) is 26.7 Å². The van der Waals surface area contributed by atoms with Crippen LogP contribution < -0.4 is 0 Å². The van der Waals surface area contributed by atoms with E-state index in [-0.39, 0.29) is 0 Å². The number of hydrogen-bond donors (Lipinski definition) is 0. The smallest absolute Gasteiger partial charge is 0.0945 e. The molecule has 0 bridgehead atoms. The maximum atomic E-state index is 4.05. The minimum atomic E-state index is 0.458. The van der Waals surface area contributed by atoms with Crippen LogP contribution in [0.5, 0.6) is 0 Å². The molecule has 1 saturated heterocycles. The maximum absolute atomic E-state index is 4.05. The van der Waals surface area contributed by atoms with E-state index in [0.717, 1.165) is 11.8 Å². The van der Waals surface area contributed by atoms with Gasteiger partial charge in [-0.15, -0.1) is 23.5 Å². The number of nitrogens with zero attached hydrogens (tertiary/aromatic N) is 2. The van der Waals surface area contributed by atoms with Crippen LogP contribution in [0.15, 0.2) is 18.7 Å². The van der Waals surface area contributed by atoms with Gasteiger partial charge in [0, 0.05) is 29.9 Å². The Bertz CT molecular complexity index is 300. The van der Waals surface area contributed by atoms with Gasteiger partial charge in [0.05, 0.1) is 10.4 Å². The first kappa shape index (κ1) is 11.4. The summed E-state index contributed by atoms with van der Waals surface area (Å²) in [7, 11) is 0. The molecule has 0 spiro atoms. The molecule has 1 fully saturated rings. The fourth-order valence-electron chi connectivity index (χ4n) is 1.92. The van der Waals surface area contributed by atoms with Crippen LogP contribution >= 0.6 is 23.5 Å². The third-order valence-corrected chi connectivity index (χ3v) is 6.29. The van der Waals surface area contributed by atoms with Gasteiger partial charge in [-0.3, -0.25) is 0 Å². The van der Waals surface area contributed by atoms with E-state index in [2.05, 4.69) is 46.9 Å². The molecule has 0 radical (unpaired) electrons. The van der Waals surface area contributed by atoms with Crippen molar-refractivity contribution in [3.05, 3.63) is 18.7 Å². The molecule has 1 aromatic rings. The predicted octanol–water partition coefficient (Wildman–Crippen LogP) is 3.25. The molecule has 1 aliphatic heterocycles. The van der Waals surface area contributed by atoms with E-state index in [4.69, 9.17) is 0 Å².